The van der Waals surface area contributed by atoms with Crippen molar-refractivity contribution in [2.75, 3.05) is 0 Å². The zero-order chi connectivity index (χ0) is 8.10. The van der Waals surface area contributed by atoms with E-state index in [1.165, 1.54) is 6.08 Å². The van der Waals surface area contributed by atoms with Crippen LogP contribution < -0.4 is 34.7 Å². The zero-order valence-corrected chi connectivity index (χ0v) is 8.86. The second-order valence-electron chi connectivity index (χ2n) is 2.06. The fraction of sp³-hybridized carbons (Fsp3) is 0. The second kappa shape index (κ2) is 6.00. The fourth-order valence-electron chi connectivity index (χ4n) is 0.728. The third kappa shape index (κ3) is 4.34. The van der Waals surface area contributed by atoms with E-state index in [1.54, 1.807) is 0 Å². The van der Waals surface area contributed by atoms with Gasteiger partial charge in [0.15, 0.2) is 0 Å². The molecule has 1 aromatic rings. The summed E-state index contributed by atoms with van der Waals surface area (Å²) in [5, 5.41) is 9.97. The first-order valence-electron chi connectivity index (χ1n) is 3.23. The average Bonchev–Trinajstić information content (AvgIpc) is 2.03. The molecular formula is C9H7NaO2. The molecule has 0 spiro atoms. The van der Waals surface area contributed by atoms with Crippen molar-refractivity contribution >= 4 is 12.0 Å². The average molecular weight is 170 g/mol. The van der Waals surface area contributed by atoms with Crippen LogP contribution in [0.25, 0.3) is 6.08 Å². The van der Waals surface area contributed by atoms with Gasteiger partial charge >= 0.3 is 29.6 Å². The molecule has 0 heterocycles. The maximum Gasteiger partial charge on any atom is 1.00 e. The van der Waals surface area contributed by atoms with E-state index in [2.05, 4.69) is 0 Å². The van der Waals surface area contributed by atoms with Crippen LogP contribution in [-0.2, 0) is 4.79 Å². The van der Waals surface area contributed by atoms with Gasteiger partial charge in [-0.2, -0.15) is 0 Å². The number of carbonyl (C=O) groups excluding carboxylic acids is 1. The minimum atomic E-state index is -1.17. The maximum atomic E-state index is 9.97. The number of hydrogen-bond donors (Lipinski definition) is 0. The molecule has 0 aliphatic carbocycles. The first-order valence-corrected chi connectivity index (χ1v) is 3.23. The summed E-state index contributed by atoms with van der Waals surface area (Å²) >= 11 is 0. The first-order chi connectivity index (χ1) is 5.29. The van der Waals surface area contributed by atoms with Gasteiger partial charge in [-0.1, -0.05) is 36.4 Å². The molecule has 56 valence electrons. The molecular weight excluding hydrogens is 163 g/mol. The molecule has 0 aromatic heterocycles. The Morgan fingerprint density at radius 3 is 2.33 bits per heavy atom. The largest absolute Gasteiger partial charge is 1.00 e. The van der Waals surface area contributed by atoms with Crippen molar-refractivity contribution < 1.29 is 39.5 Å². The fourth-order valence-corrected chi connectivity index (χ4v) is 0.728. The molecule has 0 aliphatic rings. The van der Waals surface area contributed by atoms with Gasteiger partial charge in [-0.15, -0.1) is 0 Å². The summed E-state index contributed by atoms with van der Waals surface area (Å²) in [6.45, 7) is 0. The van der Waals surface area contributed by atoms with Crippen LogP contribution in [0.4, 0.5) is 0 Å². The summed E-state index contributed by atoms with van der Waals surface area (Å²) in [6, 6.07) is 9.19. The van der Waals surface area contributed by atoms with Gasteiger partial charge in [0.05, 0.1) is 5.97 Å². The number of carboxylic acid groups (broad SMARTS) is 1. The number of carboxylic acids is 1. The molecule has 0 saturated heterocycles. The number of hydrogen-bond acceptors (Lipinski definition) is 2. The monoisotopic (exact) mass is 170 g/mol. The smallest absolute Gasteiger partial charge is 0.545 e. The Hall–Kier alpha value is -0.570. The molecule has 12 heavy (non-hydrogen) atoms. The Balaban J connectivity index is 0.00000121. The maximum absolute atomic E-state index is 9.97. The number of benzene rings is 1. The molecule has 0 atom stereocenters. The standard InChI is InChI=1S/C9H8O2.Na/c10-9(11)7-6-8-4-2-1-3-5-8;/h1-7H,(H,10,11);/q;+1/p-1/b7-6+;. The Morgan fingerprint density at radius 1 is 1.25 bits per heavy atom. The predicted octanol–water partition coefficient (Wildman–Crippen LogP) is -2.55. The van der Waals surface area contributed by atoms with Crippen molar-refractivity contribution in [1.29, 1.82) is 0 Å². The van der Waals surface area contributed by atoms with E-state index >= 15 is 0 Å². The first kappa shape index (κ1) is 11.4. The van der Waals surface area contributed by atoms with Gasteiger partial charge in [0.1, 0.15) is 0 Å². The van der Waals surface area contributed by atoms with Crippen LogP contribution in [0.3, 0.4) is 0 Å². The second-order valence-corrected chi connectivity index (χ2v) is 2.06. The van der Waals surface area contributed by atoms with Crippen molar-refractivity contribution in [2.45, 2.75) is 0 Å². The van der Waals surface area contributed by atoms with Crippen LogP contribution in [0.1, 0.15) is 5.56 Å². The molecule has 0 bridgehead atoms. The normalized spacial score (nSPS) is 9.33. The van der Waals surface area contributed by atoms with E-state index in [0.717, 1.165) is 11.6 Å². The summed E-state index contributed by atoms with van der Waals surface area (Å²) in [4.78, 5) is 9.97. The van der Waals surface area contributed by atoms with E-state index in [9.17, 15) is 9.90 Å². The summed E-state index contributed by atoms with van der Waals surface area (Å²) < 4.78 is 0. The SMILES string of the molecule is O=C([O-])/C=C/c1ccccc1.[Na+]. The molecule has 0 radical (unpaired) electrons. The zero-order valence-electron chi connectivity index (χ0n) is 6.86. The van der Waals surface area contributed by atoms with Gasteiger partial charge in [0.2, 0.25) is 0 Å². The minimum absolute atomic E-state index is 0. The van der Waals surface area contributed by atoms with Crippen LogP contribution >= 0.6 is 0 Å². The van der Waals surface area contributed by atoms with Crippen molar-refractivity contribution in [3.05, 3.63) is 42.0 Å². The number of carbonyl (C=O) groups is 1. The van der Waals surface area contributed by atoms with E-state index < -0.39 is 5.97 Å². The summed E-state index contributed by atoms with van der Waals surface area (Å²) in [6.07, 6.45) is 2.50. The molecule has 0 amide bonds. The molecule has 3 heteroatoms. The third-order valence-corrected chi connectivity index (χ3v) is 1.21. The summed E-state index contributed by atoms with van der Waals surface area (Å²) in [5.41, 5.74) is 0.858. The van der Waals surface area contributed by atoms with Crippen molar-refractivity contribution in [2.24, 2.45) is 0 Å². The summed E-state index contributed by atoms with van der Waals surface area (Å²) in [7, 11) is 0. The molecule has 1 aromatic carbocycles. The van der Waals surface area contributed by atoms with Crippen LogP contribution in [-0.4, -0.2) is 5.97 Å². The van der Waals surface area contributed by atoms with Crippen molar-refractivity contribution in [1.82, 2.24) is 0 Å². The van der Waals surface area contributed by atoms with Gasteiger partial charge in [-0.25, -0.2) is 0 Å². The Labute approximate surface area is 93.2 Å². The predicted molar refractivity (Wildman–Crippen MR) is 40.5 cm³/mol. The summed E-state index contributed by atoms with van der Waals surface area (Å²) in [5.74, 6) is -1.17. The number of rotatable bonds is 2. The molecule has 1 rings (SSSR count). The molecule has 0 saturated carbocycles. The Morgan fingerprint density at radius 2 is 1.83 bits per heavy atom. The molecule has 0 aliphatic heterocycles. The van der Waals surface area contributed by atoms with Crippen LogP contribution in [0.5, 0.6) is 0 Å². The van der Waals surface area contributed by atoms with Gasteiger partial charge in [0.25, 0.3) is 0 Å². The Bertz CT molecular complexity index is 267. The molecule has 0 unspecified atom stereocenters. The van der Waals surface area contributed by atoms with Crippen molar-refractivity contribution in [3.8, 4) is 0 Å². The minimum Gasteiger partial charge on any atom is -0.545 e. The van der Waals surface area contributed by atoms with Gasteiger partial charge in [-0.05, 0) is 11.6 Å². The van der Waals surface area contributed by atoms with E-state index in [0.29, 0.717) is 0 Å². The molecule has 2 nitrogen and oxygen atoms in total. The van der Waals surface area contributed by atoms with E-state index in [-0.39, 0.29) is 29.6 Å². The Kier molecular flexibility index (Phi) is 5.72. The molecule has 0 fully saturated rings. The van der Waals surface area contributed by atoms with Crippen LogP contribution in [0.15, 0.2) is 36.4 Å². The quantitative estimate of drug-likeness (QED) is 0.362. The van der Waals surface area contributed by atoms with Gasteiger partial charge < -0.3 is 9.90 Å². The van der Waals surface area contributed by atoms with Gasteiger partial charge in [0, 0.05) is 0 Å². The molecule has 0 N–H and O–H groups in total. The third-order valence-electron chi connectivity index (χ3n) is 1.21. The van der Waals surface area contributed by atoms with E-state index in [4.69, 9.17) is 0 Å². The number of aliphatic carboxylic acids is 1. The van der Waals surface area contributed by atoms with Crippen molar-refractivity contribution in [3.63, 3.8) is 0 Å². The van der Waals surface area contributed by atoms with E-state index in [1.807, 2.05) is 30.3 Å². The topological polar surface area (TPSA) is 40.1 Å². The van der Waals surface area contributed by atoms with Crippen LogP contribution in [0.2, 0.25) is 0 Å². The van der Waals surface area contributed by atoms with Gasteiger partial charge in [-0.3, -0.25) is 0 Å². The van der Waals surface area contributed by atoms with Crippen LogP contribution in [0, 0.1) is 0 Å².